The van der Waals surface area contributed by atoms with E-state index in [2.05, 4.69) is 11.2 Å². The molecule has 1 fully saturated rings. The molecule has 8 heteroatoms. The van der Waals surface area contributed by atoms with Crippen molar-refractivity contribution in [3.05, 3.63) is 12.4 Å². The van der Waals surface area contributed by atoms with E-state index >= 15 is 0 Å². The summed E-state index contributed by atoms with van der Waals surface area (Å²) in [5.41, 5.74) is 0. The Balaban J connectivity index is 2.06. The van der Waals surface area contributed by atoms with Crippen LogP contribution >= 0.6 is 0 Å². The topological polar surface area (TPSA) is 82.2 Å². The lowest BCUT2D eigenvalue weighted by Crippen LogP contribution is -2.51. The minimum absolute atomic E-state index is 0.127. The molecule has 1 atom stereocenters. The van der Waals surface area contributed by atoms with Crippen LogP contribution in [0, 0.1) is 11.3 Å². The van der Waals surface area contributed by atoms with Crippen LogP contribution in [-0.4, -0.2) is 59.6 Å². The molecule has 20 heavy (non-hydrogen) atoms. The number of hydrogen-bond acceptors (Lipinski definition) is 5. The first-order chi connectivity index (χ1) is 9.48. The van der Waals surface area contributed by atoms with Crippen molar-refractivity contribution in [2.24, 2.45) is 7.05 Å². The lowest BCUT2D eigenvalue weighted by atomic mass is 10.2. The number of hydrogen-bond donors (Lipinski definition) is 0. The largest absolute Gasteiger partial charge is 0.285 e. The van der Waals surface area contributed by atoms with Crippen LogP contribution in [0.5, 0.6) is 0 Å². The van der Waals surface area contributed by atoms with Crippen molar-refractivity contribution < 1.29 is 8.42 Å². The van der Waals surface area contributed by atoms with Gasteiger partial charge in [0.1, 0.15) is 4.90 Å². The van der Waals surface area contributed by atoms with Gasteiger partial charge in [0.15, 0.2) is 0 Å². The van der Waals surface area contributed by atoms with Gasteiger partial charge in [-0.15, -0.1) is 0 Å². The Labute approximate surface area is 119 Å². The monoisotopic (exact) mass is 297 g/mol. The lowest BCUT2D eigenvalue weighted by Gasteiger charge is -2.35. The standard InChI is InChI=1S/C12H19N5O2S/c1-3-11(8-13)16-4-6-17(7-5-16)20(18,19)12-9-14-15(2)10-12/h9-11H,3-7H2,1-2H3. The fourth-order valence-electron chi connectivity index (χ4n) is 2.37. The molecule has 0 bridgehead atoms. The second kappa shape index (κ2) is 5.91. The van der Waals surface area contributed by atoms with Crippen molar-refractivity contribution in [2.75, 3.05) is 26.2 Å². The highest BCUT2D eigenvalue weighted by Gasteiger charge is 2.31. The Kier molecular flexibility index (Phi) is 4.42. The van der Waals surface area contributed by atoms with Crippen LogP contribution < -0.4 is 0 Å². The summed E-state index contributed by atoms with van der Waals surface area (Å²) in [6.07, 6.45) is 3.63. The molecule has 1 saturated heterocycles. The highest BCUT2D eigenvalue weighted by molar-refractivity contribution is 7.89. The van der Waals surface area contributed by atoms with Gasteiger partial charge in [0.25, 0.3) is 0 Å². The van der Waals surface area contributed by atoms with Crippen molar-refractivity contribution in [2.45, 2.75) is 24.3 Å². The Hall–Kier alpha value is -1.43. The van der Waals surface area contributed by atoms with Crippen LogP contribution in [0.4, 0.5) is 0 Å². The first-order valence-electron chi connectivity index (χ1n) is 6.61. The quantitative estimate of drug-likeness (QED) is 0.783. The van der Waals surface area contributed by atoms with Crippen LogP contribution in [0.1, 0.15) is 13.3 Å². The van der Waals surface area contributed by atoms with E-state index in [1.165, 1.54) is 21.4 Å². The number of sulfonamides is 1. The Morgan fingerprint density at radius 3 is 2.50 bits per heavy atom. The van der Waals surface area contributed by atoms with Gasteiger partial charge in [-0.1, -0.05) is 6.92 Å². The van der Waals surface area contributed by atoms with Gasteiger partial charge in [0.05, 0.1) is 18.3 Å². The van der Waals surface area contributed by atoms with Crippen molar-refractivity contribution in [1.82, 2.24) is 19.0 Å². The smallest absolute Gasteiger partial charge is 0.246 e. The van der Waals surface area contributed by atoms with Gasteiger partial charge in [0.2, 0.25) is 10.0 Å². The minimum atomic E-state index is -3.46. The van der Waals surface area contributed by atoms with Gasteiger partial charge < -0.3 is 0 Å². The molecule has 2 rings (SSSR count). The van der Waals surface area contributed by atoms with Crippen molar-refractivity contribution in [1.29, 1.82) is 5.26 Å². The number of nitriles is 1. The van der Waals surface area contributed by atoms with Crippen LogP contribution in [0.15, 0.2) is 17.3 Å². The molecule has 0 spiro atoms. The predicted molar refractivity (Wildman–Crippen MR) is 73.2 cm³/mol. The molecule has 0 aromatic carbocycles. The van der Waals surface area contributed by atoms with E-state index < -0.39 is 10.0 Å². The normalized spacial score (nSPS) is 19.6. The number of rotatable bonds is 4. The van der Waals surface area contributed by atoms with Crippen LogP contribution in [-0.2, 0) is 17.1 Å². The van der Waals surface area contributed by atoms with Crippen molar-refractivity contribution in [3.63, 3.8) is 0 Å². The summed E-state index contributed by atoms with van der Waals surface area (Å²) in [5.74, 6) is 0. The van der Waals surface area contributed by atoms with E-state index in [0.29, 0.717) is 26.2 Å². The third-order valence-electron chi connectivity index (χ3n) is 3.57. The summed E-state index contributed by atoms with van der Waals surface area (Å²) < 4.78 is 27.8. The highest BCUT2D eigenvalue weighted by Crippen LogP contribution is 2.18. The molecule has 2 heterocycles. The van der Waals surface area contributed by atoms with E-state index in [1.807, 2.05) is 11.8 Å². The zero-order valence-corrected chi connectivity index (χ0v) is 12.5. The van der Waals surface area contributed by atoms with E-state index in [1.54, 1.807) is 7.05 Å². The molecule has 1 aliphatic rings. The SMILES string of the molecule is CCC(C#N)N1CCN(S(=O)(=O)c2cnn(C)c2)CC1. The fourth-order valence-corrected chi connectivity index (χ4v) is 3.78. The average molecular weight is 297 g/mol. The highest BCUT2D eigenvalue weighted by atomic mass is 32.2. The average Bonchev–Trinajstić information content (AvgIpc) is 2.88. The fraction of sp³-hybridized carbons (Fsp3) is 0.667. The molecule has 1 aliphatic heterocycles. The Morgan fingerprint density at radius 1 is 1.40 bits per heavy atom. The number of piperazine rings is 1. The molecule has 0 aliphatic carbocycles. The zero-order valence-electron chi connectivity index (χ0n) is 11.7. The first kappa shape index (κ1) is 15.0. The maximum atomic E-state index is 12.4. The Bertz CT molecular complexity index is 596. The summed E-state index contributed by atoms with van der Waals surface area (Å²) in [7, 11) is -1.77. The van der Waals surface area contributed by atoms with E-state index in [4.69, 9.17) is 5.26 Å². The number of aryl methyl sites for hydroxylation is 1. The molecule has 1 unspecified atom stereocenters. The molecule has 0 N–H and O–H groups in total. The van der Waals surface area contributed by atoms with Crippen LogP contribution in [0.3, 0.4) is 0 Å². The van der Waals surface area contributed by atoms with Gasteiger partial charge in [-0.05, 0) is 6.42 Å². The molecule has 0 amide bonds. The summed E-state index contributed by atoms with van der Waals surface area (Å²) in [4.78, 5) is 2.26. The summed E-state index contributed by atoms with van der Waals surface area (Å²) in [5, 5.41) is 13.0. The third-order valence-corrected chi connectivity index (χ3v) is 5.42. The van der Waals surface area contributed by atoms with Gasteiger partial charge in [0, 0.05) is 39.4 Å². The lowest BCUT2D eigenvalue weighted by molar-refractivity contribution is 0.159. The molecule has 1 aromatic rings. The van der Waals surface area contributed by atoms with Gasteiger partial charge >= 0.3 is 0 Å². The predicted octanol–water partition coefficient (Wildman–Crippen LogP) is 0.0286. The molecule has 110 valence electrons. The second-order valence-electron chi connectivity index (χ2n) is 4.84. The zero-order chi connectivity index (χ0) is 14.8. The summed E-state index contributed by atoms with van der Waals surface area (Å²) >= 11 is 0. The maximum Gasteiger partial charge on any atom is 0.246 e. The minimum Gasteiger partial charge on any atom is -0.285 e. The van der Waals surface area contributed by atoms with E-state index in [9.17, 15) is 8.42 Å². The van der Waals surface area contributed by atoms with Crippen LogP contribution in [0.25, 0.3) is 0 Å². The number of aromatic nitrogens is 2. The van der Waals surface area contributed by atoms with E-state index in [0.717, 1.165) is 6.42 Å². The van der Waals surface area contributed by atoms with E-state index in [-0.39, 0.29) is 10.9 Å². The second-order valence-corrected chi connectivity index (χ2v) is 6.78. The molecular weight excluding hydrogens is 278 g/mol. The van der Waals surface area contributed by atoms with Gasteiger partial charge in [-0.25, -0.2) is 8.42 Å². The third kappa shape index (κ3) is 2.85. The molecular formula is C12H19N5O2S. The molecule has 1 aromatic heterocycles. The molecule has 0 saturated carbocycles. The van der Waals surface area contributed by atoms with Crippen molar-refractivity contribution >= 4 is 10.0 Å². The van der Waals surface area contributed by atoms with Gasteiger partial charge in [-0.2, -0.15) is 14.7 Å². The first-order valence-corrected chi connectivity index (χ1v) is 8.05. The maximum absolute atomic E-state index is 12.4. The molecule has 0 radical (unpaired) electrons. The number of nitrogens with zero attached hydrogens (tertiary/aromatic N) is 5. The van der Waals surface area contributed by atoms with Gasteiger partial charge in [-0.3, -0.25) is 9.58 Å². The Morgan fingerprint density at radius 2 is 2.05 bits per heavy atom. The molecule has 7 nitrogen and oxygen atoms in total. The van der Waals surface area contributed by atoms with Crippen molar-refractivity contribution in [3.8, 4) is 6.07 Å². The van der Waals surface area contributed by atoms with Crippen LogP contribution in [0.2, 0.25) is 0 Å². The summed E-state index contributed by atoms with van der Waals surface area (Å²) in [6.45, 7) is 3.97. The summed E-state index contributed by atoms with van der Waals surface area (Å²) in [6, 6.07) is 2.13.